The van der Waals surface area contributed by atoms with Crippen LogP contribution in [-0.4, -0.2) is 13.5 Å². The zero-order valence-electron chi connectivity index (χ0n) is 10.8. The summed E-state index contributed by atoms with van der Waals surface area (Å²) in [4.78, 5) is -0.0693. The fourth-order valence-electron chi connectivity index (χ4n) is 1.70. The van der Waals surface area contributed by atoms with Gasteiger partial charge in [0, 0.05) is 0 Å². The lowest BCUT2D eigenvalue weighted by Crippen LogP contribution is -2.13. The van der Waals surface area contributed by atoms with E-state index in [1.165, 1.54) is 18.2 Å². The fourth-order valence-corrected chi connectivity index (χ4v) is 2.77. The number of anilines is 1. The number of benzene rings is 2. The van der Waals surface area contributed by atoms with Gasteiger partial charge in [0.05, 0.1) is 10.6 Å². The van der Waals surface area contributed by atoms with Crippen LogP contribution in [0.4, 0.5) is 10.1 Å². The molecule has 2 N–H and O–H groups in total. The van der Waals surface area contributed by atoms with E-state index < -0.39 is 15.8 Å². The number of hydrogen-bond donors (Lipinski definition) is 2. The molecule has 0 radical (unpaired) electrons. The van der Waals surface area contributed by atoms with Crippen LogP contribution < -0.4 is 4.72 Å². The van der Waals surface area contributed by atoms with E-state index >= 15 is 0 Å². The highest BCUT2D eigenvalue weighted by Gasteiger charge is 2.16. The summed E-state index contributed by atoms with van der Waals surface area (Å²) >= 11 is 0. The van der Waals surface area contributed by atoms with Crippen molar-refractivity contribution in [1.82, 2.24) is 0 Å². The second-order valence-corrected chi connectivity index (χ2v) is 5.95. The first-order valence-electron chi connectivity index (χ1n) is 6.02. The fraction of sp³-hybridized carbons (Fsp3) is 0.143. The Hall–Kier alpha value is -2.08. The number of sulfonamides is 1. The van der Waals surface area contributed by atoms with E-state index in [-0.39, 0.29) is 16.3 Å². The summed E-state index contributed by atoms with van der Waals surface area (Å²) in [7, 11) is -3.85. The third kappa shape index (κ3) is 3.08. The van der Waals surface area contributed by atoms with Crippen LogP contribution in [0.15, 0.2) is 47.4 Å². The summed E-state index contributed by atoms with van der Waals surface area (Å²) in [6.07, 6.45) is 0.714. The lowest BCUT2D eigenvalue weighted by Gasteiger charge is -2.11. The molecule has 0 saturated heterocycles. The molecule has 2 rings (SSSR count). The molecule has 0 aliphatic rings. The number of rotatable bonds is 4. The molecule has 0 fully saturated rings. The summed E-state index contributed by atoms with van der Waals surface area (Å²) in [6, 6.07) is 9.17. The first kappa shape index (κ1) is 14.3. The molecule has 0 unspecified atom stereocenters. The van der Waals surface area contributed by atoms with Gasteiger partial charge in [-0.3, -0.25) is 4.72 Å². The van der Waals surface area contributed by atoms with Gasteiger partial charge in [-0.15, -0.1) is 0 Å². The van der Waals surface area contributed by atoms with Crippen LogP contribution in [0, 0.1) is 5.82 Å². The summed E-state index contributed by atoms with van der Waals surface area (Å²) < 4.78 is 39.3. The predicted octanol–water partition coefficient (Wildman–Crippen LogP) is 2.89. The van der Waals surface area contributed by atoms with Crippen molar-refractivity contribution in [3.05, 3.63) is 53.8 Å². The Morgan fingerprint density at radius 2 is 1.80 bits per heavy atom. The molecule has 0 saturated carbocycles. The molecule has 106 valence electrons. The third-order valence-electron chi connectivity index (χ3n) is 2.84. The minimum absolute atomic E-state index is 0.0693. The Bertz CT molecular complexity index is 712. The van der Waals surface area contributed by atoms with E-state index in [2.05, 4.69) is 4.72 Å². The van der Waals surface area contributed by atoms with Gasteiger partial charge >= 0.3 is 0 Å². The first-order valence-corrected chi connectivity index (χ1v) is 7.51. The van der Waals surface area contributed by atoms with Gasteiger partial charge in [-0.05, 0) is 48.4 Å². The summed E-state index contributed by atoms with van der Waals surface area (Å²) in [6.45, 7) is 1.92. The Morgan fingerprint density at radius 1 is 1.15 bits per heavy atom. The van der Waals surface area contributed by atoms with Crippen LogP contribution >= 0.6 is 0 Å². The molecule has 0 spiro atoms. The van der Waals surface area contributed by atoms with Gasteiger partial charge in [-0.2, -0.15) is 0 Å². The normalized spacial score (nSPS) is 11.3. The minimum atomic E-state index is -3.85. The summed E-state index contributed by atoms with van der Waals surface area (Å²) in [5, 5.41) is 9.70. The summed E-state index contributed by atoms with van der Waals surface area (Å²) in [5.41, 5.74) is 0.994. The Balaban J connectivity index is 2.35. The van der Waals surface area contributed by atoms with Crippen LogP contribution in [0.1, 0.15) is 12.5 Å². The average molecular weight is 295 g/mol. The Morgan fingerprint density at radius 3 is 2.40 bits per heavy atom. The quantitative estimate of drug-likeness (QED) is 0.852. The molecule has 0 aromatic heterocycles. The second kappa shape index (κ2) is 5.50. The topological polar surface area (TPSA) is 66.4 Å². The minimum Gasteiger partial charge on any atom is -0.506 e. The van der Waals surface area contributed by atoms with Crippen LogP contribution in [0.3, 0.4) is 0 Å². The van der Waals surface area contributed by atoms with Gasteiger partial charge in [0.25, 0.3) is 10.0 Å². The lowest BCUT2D eigenvalue weighted by molar-refractivity contribution is 0.477. The van der Waals surface area contributed by atoms with Crippen molar-refractivity contribution in [2.45, 2.75) is 18.2 Å². The molecule has 0 aliphatic heterocycles. The molecule has 0 amide bonds. The molecule has 20 heavy (non-hydrogen) atoms. The van der Waals surface area contributed by atoms with E-state index in [0.29, 0.717) is 6.42 Å². The maximum atomic E-state index is 12.8. The second-order valence-electron chi connectivity index (χ2n) is 4.26. The highest BCUT2D eigenvalue weighted by Crippen LogP contribution is 2.27. The Labute approximate surface area is 116 Å². The van der Waals surface area contributed by atoms with Crippen LogP contribution in [0.5, 0.6) is 5.75 Å². The van der Waals surface area contributed by atoms with E-state index in [4.69, 9.17) is 0 Å². The maximum Gasteiger partial charge on any atom is 0.262 e. The van der Waals surface area contributed by atoms with E-state index in [1.54, 1.807) is 12.1 Å². The lowest BCUT2D eigenvalue weighted by atomic mass is 10.1. The number of hydrogen-bond acceptors (Lipinski definition) is 3. The Kier molecular flexibility index (Phi) is 3.94. The molecule has 0 heterocycles. The average Bonchev–Trinajstić information content (AvgIpc) is 2.41. The third-order valence-corrected chi connectivity index (χ3v) is 4.22. The molecular weight excluding hydrogens is 281 g/mol. The molecule has 0 bridgehead atoms. The van der Waals surface area contributed by atoms with Crippen LogP contribution in [0.2, 0.25) is 0 Å². The van der Waals surface area contributed by atoms with Crippen LogP contribution in [0.25, 0.3) is 0 Å². The number of phenols is 1. The number of aromatic hydroxyl groups is 1. The molecule has 6 heteroatoms. The number of phenolic OH excluding ortho intramolecular Hbond substituents is 1. The highest BCUT2D eigenvalue weighted by atomic mass is 32.2. The zero-order valence-corrected chi connectivity index (χ0v) is 11.6. The van der Waals surface area contributed by atoms with Crippen molar-refractivity contribution in [3.8, 4) is 5.75 Å². The zero-order chi connectivity index (χ0) is 14.8. The predicted molar refractivity (Wildman–Crippen MR) is 74.7 cm³/mol. The standard InChI is InChI=1S/C14H14FNO3S/c1-2-10-3-8-14(17)13(9-10)16-20(18,19)12-6-4-11(15)5-7-12/h3-9,16-17H,2H2,1H3. The molecule has 2 aromatic carbocycles. The van der Waals surface area contributed by atoms with E-state index in [1.807, 2.05) is 6.92 Å². The van der Waals surface area contributed by atoms with E-state index in [9.17, 15) is 17.9 Å². The molecule has 0 atom stereocenters. The van der Waals surface area contributed by atoms with Crippen molar-refractivity contribution in [1.29, 1.82) is 0 Å². The van der Waals surface area contributed by atoms with Crippen molar-refractivity contribution in [2.75, 3.05) is 4.72 Å². The van der Waals surface area contributed by atoms with E-state index in [0.717, 1.165) is 17.7 Å². The monoisotopic (exact) mass is 295 g/mol. The smallest absolute Gasteiger partial charge is 0.262 e. The van der Waals surface area contributed by atoms with Gasteiger partial charge in [-0.25, -0.2) is 12.8 Å². The van der Waals surface area contributed by atoms with Crippen molar-refractivity contribution in [2.24, 2.45) is 0 Å². The summed E-state index contributed by atoms with van der Waals surface area (Å²) in [5.74, 6) is -0.673. The number of aryl methyl sites for hydroxylation is 1. The molecule has 2 aromatic rings. The largest absolute Gasteiger partial charge is 0.506 e. The number of halogens is 1. The van der Waals surface area contributed by atoms with Gasteiger partial charge in [0.2, 0.25) is 0 Å². The van der Waals surface area contributed by atoms with Crippen molar-refractivity contribution in [3.63, 3.8) is 0 Å². The van der Waals surface area contributed by atoms with Crippen molar-refractivity contribution >= 4 is 15.7 Å². The first-order chi connectivity index (χ1) is 9.42. The van der Waals surface area contributed by atoms with Gasteiger partial charge in [-0.1, -0.05) is 13.0 Å². The number of nitrogens with one attached hydrogen (secondary N) is 1. The molecule has 0 aliphatic carbocycles. The van der Waals surface area contributed by atoms with Crippen LogP contribution in [-0.2, 0) is 16.4 Å². The highest BCUT2D eigenvalue weighted by molar-refractivity contribution is 7.92. The molecule has 4 nitrogen and oxygen atoms in total. The maximum absolute atomic E-state index is 12.8. The van der Waals surface area contributed by atoms with Gasteiger partial charge in [0.15, 0.2) is 0 Å². The van der Waals surface area contributed by atoms with Gasteiger partial charge in [0.1, 0.15) is 11.6 Å². The molecular formula is C14H14FNO3S. The SMILES string of the molecule is CCc1ccc(O)c(NS(=O)(=O)c2ccc(F)cc2)c1. The van der Waals surface area contributed by atoms with Crippen molar-refractivity contribution < 1.29 is 17.9 Å². The van der Waals surface area contributed by atoms with Gasteiger partial charge < -0.3 is 5.11 Å².